The molecular formula is C18H19N3O5. The van der Waals surface area contributed by atoms with Gasteiger partial charge >= 0.3 is 12.0 Å². The number of likely N-dealkylation sites (tertiary alicyclic amines) is 1. The number of hydrogen-bond donors (Lipinski definition) is 2. The molecule has 1 aliphatic heterocycles. The van der Waals surface area contributed by atoms with Crippen molar-refractivity contribution in [3.05, 3.63) is 42.6 Å². The van der Waals surface area contributed by atoms with Gasteiger partial charge in [-0.1, -0.05) is 0 Å². The Morgan fingerprint density at radius 3 is 2.50 bits per heavy atom. The minimum absolute atomic E-state index is 0.216. The number of hydrogen-bond acceptors (Lipinski definition) is 5. The SMILES string of the molecule is COc1ccc(Oc2ccc(NC(=O)N3CCC(C(=O)O)C3)cn2)cc1. The summed E-state index contributed by atoms with van der Waals surface area (Å²) in [6.07, 6.45) is 1.96. The third-order valence-electron chi connectivity index (χ3n) is 4.09. The van der Waals surface area contributed by atoms with Crippen molar-refractivity contribution in [2.75, 3.05) is 25.5 Å². The molecule has 1 saturated heterocycles. The summed E-state index contributed by atoms with van der Waals surface area (Å²) in [5, 5.41) is 11.7. The van der Waals surface area contributed by atoms with Crippen molar-refractivity contribution < 1.29 is 24.2 Å². The molecule has 2 heterocycles. The fraction of sp³-hybridized carbons (Fsp3) is 0.278. The molecule has 8 nitrogen and oxygen atoms in total. The number of carbonyl (C=O) groups excluding carboxylic acids is 1. The molecule has 0 radical (unpaired) electrons. The topological polar surface area (TPSA) is 101 Å². The average molecular weight is 357 g/mol. The summed E-state index contributed by atoms with van der Waals surface area (Å²) in [7, 11) is 1.59. The average Bonchev–Trinajstić information content (AvgIpc) is 3.15. The van der Waals surface area contributed by atoms with Gasteiger partial charge in [0.05, 0.1) is 24.9 Å². The second-order valence-corrected chi connectivity index (χ2v) is 5.86. The first-order chi connectivity index (χ1) is 12.5. The fourth-order valence-corrected chi connectivity index (χ4v) is 2.63. The molecule has 0 saturated carbocycles. The number of methoxy groups -OCH3 is 1. The van der Waals surface area contributed by atoms with Crippen molar-refractivity contribution in [3.8, 4) is 17.4 Å². The number of urea groups is 1. The Kier molecular flexibility index (Phi) is 5.21. The molecule has 1 aromatic carbocycles. The van der Waals surface area contributed by atoms with Crippen LogP contribution in [-0.4, -0.2) is 47.2 Å². The van der Waals surface area contributed by atoms with E-state index in [-0.39, 0.29) is 12.6 Å². The molecule has 1 unspecified atom stereocenters. The van der Waals surface area contributed by atoms with Crippen molar-refractivity contribution in [2.24, 2.45) is 5.92 Å². The normalized spacial score (nSPS) is 16.2. The molecule has 2 N–H and O–H groups in total. The predicted molar refractivity (Wildman–Crippen MR) is 93.6 cm³/mol. The van der Waals surface area contributed by atoms with Crippen LogP contribution in [0.25, 0.3) is 0 Å². The number of anilines is 1. The molecule has 8 heteroatoms. The van der Waals surface area contributed by atoms with E-state index in [1.165, 1.54) is 11.1 Å². The monoisotopic (exact) mass is 357 g/mol. The quantitative estimate of drug-likeness (QED) is 0.853. The van der Waals surface area contributed by atoms with Crippen LogP contribution in [0, 0.1) is 5.92 Å². The minimum atomic E-state index is -0.873. The summed E-state index contributed by atoms with van der Waals surface area (Å²) < 4.78 is 10.7. The van der Waals surface area contributed by atoms with E-state index in [1.54, 1.807) is 43.5 Å². The van der Waals surface area contributed by atoms with Crippen LogP contribution < -0.4 is 14.8 Å². The lowest BCUT2D eigenvalue weighted by Crippen LogP contribution is -2.33. The van der Waals surface area contributed by atoms with E-state index in [0.717, 1.165) is 5.75 Å². The number of rotatable bonds is 5. The van der Waals surface area contributed by atoms with Crippen molar-refractivity contribution in [1.29, 1.82) is 0 Å². The maximum atomic E-state index is 12.2. The summed E-state index contributed by atoms with van der Waals surface area (Å²) in [6.45, 7) is 0.641. The van der Waals surface area contributed by atoms with Crippen LogP contribution in [-0.2, 0) is 4.79 Å². The zero-order chi connectivity index (χ0) is 18.5. The van der Waals surface area contributed by atoms with Gasteiger partial charge in [-0.05, 0) is 36.8 Å². The molecule has 0 bridgehead atoms. The van der Waals surface area contributed by atoms with E-state index in [1.807, 2.05) is 0 Å². The largest absolute Gasteiger partial charge is 0.497 e. The number of aromatic nitrogens is 1. The maximum absolute atomic E-state index is 12.2. The van der Waals surface area contributed by atoms with Gasteiger partial charge in [0.1, 0.15) is 11.5 Å². The first-order valence-electron chi connectivity index (χ1n) is 8.12. The van der Waals surface area contributed by atoms with Gasteiger partial charge in [-0.15, -0.1) is 0 Å². The van der Waals surface area contributed by atoms with E-state index in [4.69, 9.17) is 14.6 Å². The number of carboxylic acids is 1. The smallest absolute Gasteiger partial charge is 0.321 e. The highest BCUT2D eigenvalue weighted by Gasteiger charge is 2.30. The number of nitrogens with one attached hydrogen (secondary N) is 1. The third kappa shape index (κ3) is 4.21. The summed E-state index contributed by atoms with van der Waals surface area (Å²) in [4.78, 5) is 28.8. The summed E-state index contributed by atoms with van der Waals surface area (Å²) in [5.41, 5.74) is 0.510. The number of nitrogens with zero attached hydrogens (tertiary/aromatic N) is 2. The number of carboxylic acid groups (broad SMARTS) is 1. The lowest BCUT2D eigenvalue weighted by molar-refractivity contribution is -0.141. The molecule has 1 atom stereocenters. The molecule has 3 rings (SSSR count). The molecule has 1 fully saturated rings. The van der Waals surface area contributed by atoms with Gasteiger partial charge in [0, 0.05) is 19.2 Å². The lowest BCUT2D eigenvalue weighted by Gasteiger charge is -2.16. The predicted octanol–water partition coefficient (Wildman–Crippen LogP) is 2.82. The van der Waals surface area contributed by atoms with Crippen LogP contribution in [0.3, 0.4) is 0 Å². The van der Waals surface area contributed by atoms with Crippen LogP contribution in [0.1, 0.15) is 6.42 Å². The molecule has 26 heavy (non-hydrogen) atoms. The number of ether oxygens (including phenoxy) is 2. The van der Waals surface area contributed by atoms with Crippen LogP contribution >= 0.6 is 0 Å². The molecule has 1 aliphatic rings. The second kappa shape index (κ2) is 7.73. The molecule has 136 valence electrons. The summed E-state index contributed by atoms with van der Waals surface area (Å²) in [5.74, 6) is 0.365. The van der Waals surface area contributed by atoms with Gasteiger partial charge in [0.15, 0.2) is 0 Å². The number of pyridine rings is 1. The van der Waals surface area contributed by atoms with Gasteiger partial charge in [0.2, 0.25) is 5.88 Å². The van der Waals surface area contributed by atoms with Crippen molar-refractivity contribution in [3.63, 3.8) is 0 Å². The first kappa shape index (κ1) is 17.5. The zero-order valence-corrected chi connectivity index (χ0v) is 14.2. The molecular weight excluding hydrogens is 338 g/mol. The zero-order valence-electron chi connectivity index (χ0n) is 14.2. The maximum Gasteiger partial charge on any atom is 0.321 e. The highest BCUT2D eigenvalue weighted by atomic mass is 16.5. The van der Waals surface area contributed by atoms with E-state index in [2.05, 4.69) is 10.3 Å². The number of carbonyl (C=O) groups is 2. The summed E-state index contributed by atoms with van der Waals surface area (Å²) >= 11 is 0. The third-order valence-corrected chi connectivity index (χ3v) is 4.09. The molecule has 0 spiro atoms. The Hall–Kier alpha value is -3.29. The molecule has 2 aromatic rings. The van der Waals surface area contributed by atoms with Gasteiger partial charge in [-0.3, -0.25) is 4.79 Å². The van der Waals surface area contributed by atoms with Crippen LogP contribution in [0.4, 0.5) is 10.5 Å². The summed E-state index contributed by atoms with van der Waals surface area (Å²) in [6, 6.07) is 10.1. The first-order valence-corrected chi connectivity index (χ1v) is 8.12. The van der Waals surface area contributed by atoms with Crippen LogP contribution in [0.2, 0.25) is 0 Å². The fourth-order valence-electron chi connectivity index (χ4n) is 2.63. The van der Waals surface area contributed by atoms with E-state index in [9.17, 15) is 9.59 Å². The van der Waals surface area contributed by atoms with E-state index < -0.39 is 11.9 Å². The molecule has 1 aromatic heterocycles. The second-order valence-electron chi connectivity index (χ2n) is 5.86. The Labute approximate surface area is 150 Å². The van der Waals surface area contributed by atoms with Crippen LogP contribution in [0.15, 0.2) is 42.6 Å². The highest BCUT2D eigenvalue weighted by molar-refractivity contribution is 5.89. The van der Waals surface area contributed by atoms with Gasteiger partial charge in [-0.2, -0.15) is 0 Å². The number of benzene rings is 1. The van der Waals surface area contributed by atoms with E-state index in [0.29, 0.717) is 30.3 Å². The van der Waals surface area contributed by atoms with Gasteiger partial charge in [0.25, 0.3) is 0 Å². The van der Waals surface area contributed by atoms with Crippen LogP contribution in [0.5, 0.6) is 17.4 Å². The number of aliphatic carboxylic acids is 1. The van der Waals surface area contributed by atoms with Crippen molar-refractivity contribution >= 4 is 17.7 Å². The Morgan fingerprint density at radius 1 is 1.19 bits per heavy atom. The lowest BCUT2D eigenvalue weighted by atomic mass is 10.1. The minimum Gasteiger partial charge on any atom is -0.497 e. The highest BCUT2D eigenvalue weighted by Crippen LogP contribution is 2.23. The number of amides is 2. The van der Waals surface area contributed by atoms with E-state index >= 15 is 0 Å². The van der Waals surface area contributed by atoms with Crippen molar-refractivity contribution in [2.45, 2.75) is 6.42 Å². The Balaban J connectivity index is 1.55. The van der Waals surface area contributed by atoms with Gasteiger partial charge in [-0.25, -0.2) is 9.78 Å². The Bertz CT molecular complexity index is 776. The molecule has 0 aliphatic carbocycles. The standard InChI is InChI=1S/C18H19N3O5/c1-25-14-3-5-15(6-4-14)26-16-7-2-13(10-19-16)20-18(24)21-9-8-12(11-21)17(22)23/h2-7,10,12H,8-9,11H2,1H3,(H,20,24)(H,22,23). The Morgan fingerprint density at radius 2 is 1.92 bits per heavy atom. The van der Waals surface area contributed by atoms with Gasteiger partial charge < -0.3 is 24.8 Å². The molecule has 2 amide bonds. The van der Waals surface area contributed by atoms with Crippen molar-refractivity contribution in [1.82, 2.24) is 9.88 Å².